The van der Waals surface area contributed by atoms with Crippen LogP contribution in [-0.2, 0) is 6.61 Å². The Labute approximate surface area is 82.4 Å². The highest BCUT2D eigenvalue weighted by Gasteiger charge is 2.05. The van der Waals surface area contributed by atoms with Crippen LogP contribution in [0.1, 0.15) is 11.3 Å². The lowest BCUT2D eigenvalue weighted by Crippen LogP contribution is -1.87. The van der Waals surface area contributed by atoms with Gasteiger partial charge in [-0.3, -0.25) is 5.10 Å². The molecular weight excluding hydrogens is 176 g/mol. The molecule has 0 atom stereocenters. The molecule has 0 unspecified atom stereocenters. The minimum atomic E-state index is -0.0106. The third-order valence-electron chi connectivity index (χ3n) is 2.21. The number of aryl methyl sites for hydroxylation is 1. The van der Waals surface area contributed by atoms with E-state index in [4.69, 9.17) is 5.11 Å². The van der Waals surface area contributed by atoms with Crippen molar-refractivity contribution in [3.63, 3.8) is 0 Å². The first kappa shape index (κ1) is 8.97. The van der Waals surface area contributed by atoms with Crippen molar-refractivity contribution in [2.75, 3.05) is 0 Å². The van der Waals surface area contributed by atoms with Gasteiger partial charge in [0.15, 0.2) is 0 Å². The van der Waals surface area contributed by atoms with Crippen molar-refractivity contribution in [1.29, 1.82) is 0 Å². The van der Waals surface area contributed by atoms with Crippen molar-refractivity contribution < 1.29 is 5.11 Å². The predicted octanol–water partition coefficient (Wildman–Crippen LogP) is 1.88. The largest absolute Gasteiger partial charge is 0.390 e. The maximum absolute atomic E-state index is 9.07. The van der Waals surface area contributed by atoms with Crippen LogP contribution in [0.5, 0.6) is 0 Å². The first-order valence-electron chi connectivity index (χ1n) is 4.51. The van der Waals surface area contributed by atoms with Crippen LogP contribution < -0.4 is 0 Å². The Hall–Kier alpha value is -1.61. The van der Waals surface area contributed by atoms with Crippen molar-refractivity contribution >= 4 is 0 Å². The summed E-state index contributed by atoms with van der Waals surface area (Å²) >= 11 is 0. The molecule has 0 aliphatic heterocycles. The van der Waals surface area contributed by atoms with Gasteiger partial charge in [-0.25, -0.2) is 0 Å². The Kier molecular flexibility index (Phi) is 2.33. The molecule has 0 fully saturated rings. The first-order chi connectivity index (χ1) is 6.81. The number of rotatable bonds is 2. The lowest BCUT2D eigenvalue weighted by Gasteiger charge is -2.01. The summed E-state index contributed by atoms with van der Waals surface area (Å²) in [5.41, 5.74) is 4.02. The van der Waals surface area contributed by atoms with Gasteiger partial charge in [0, 0.05) is 5.56 Å². The summed E-state index contributed by atoms with van der Waals surface area (Å²) < 4.78 is 0. The Morgan fingerprint density at radius 3 is 3.00 bits per heavy atom. The molecule has 0 radical (unpaired) electrons. The minimum absolute atomic E-state index is 0.0106. The van der Waals surface area contributed by atoms with E-state index < -0.39 is 0 Å². The summed E-state index contributed by atoms with van der Waals surface area (Å²) in [6.45, 7) is 2.03. The van der Waals surface area contributed by atoms with Crippen molar-refractivity contribution in [2.24, 2.45) is 0 Å². The van der Waals surface area contributed by atoms with Gasteiger partial charge in [-0.05, 0) is 12.5 Å². The molecule has 0 aliphatic rings. The summed E-state index contributed by atoms with van der Waals surface area (Å²) in [6, 6.07) is 8.13. The number of aliphatic hydroxyl groups excluding tert-OH is 1. The van der Waals surface area contributed by atoms with E-state index in [1.54, 1.807) is 6.20 Å². The molecule has 0 spiro atoms. The van der Waals surface area contributed by atoms with Gasteiger partial charge in [-0.2, -0.15) is 5.10 Å². The predicted molar refractivity (Wildman–Crippen MR) is 54.7 cm³/mol. The molecular formula is C11H12N2O. The first-order valence-corrected chi connectivity index (χ1v) is 4.51. The van der Waals surface area contributed by atoms with E-state index in [1.807, 2.05) is 25.1 Å². The maximum atomic E-state index is 9.07. The third-order valence-corrected chi connectivity index (χ3v) is 2.21. The molecule has 0 bridgehead atoms. The molecule has 72 valence electrons. The molecule has 2 rings (SSSR count). The van der Waals surface area contributed by atoms with Crippen LogP contribution in [-0.4, -0.2) is 15.3 Å². The molecule has 1 heterocycles. The zero-order valence-corrected chi connectivity index (χ0v) is 7.99. The van der Waals surface area contributed by atoms with E-state index in [9.17, 15) is 0 Å². The molecule has 2 N–H and O–H groups in total. The molecule has 1 aromatic carbocycles. The highest BCUT2D eigenvalue weighted by Crippen LogP contribution is 2.22. The van der Waals surface area contributed by atoms with Crippen LogP contribution in [0.2, 0.25) is 0 Å². The summed E-state index contributed by atoms with van der Waals surface area (Å²) in [7, 11) is 0. The second-order valence-electron chi connectivity index (χ2n) is 3.29. The molecule has 3 heteroatoms. The van der Waals surface area contributed by atoms with Crippen molar-refractivity contribution in [2.45, 2.75) is 13.5 Å². The number of aliphatic hydroxyl groups is 1. The average Bonchev–Trinajstić information content (AvgIpc) is 2.65. The fourth-order valence-corrected chi connectivity index (χ4v) is 1.49. The molecule has 2 aromatic rings. The number of nitrogens with zero attached hydrogens (tertiary/aromatic N) is 1. The lowest BCUT2D eigenvalue weighted by molar-refractivity contribution is 0.277. The number of hydrogen-bond acceptors (Lipinski definition) is 2. The number of hydrogen-bond donors (Lipinski definition) is 2. The van der Waals surface area contributed by atoms with Crippen LogP contribution in [0.3, 0.4) is 0 Å². The molecule has 0 amide bonds. The summed E-state index contributed by atoms with van der Waals surface area (Å²) in [4.78, 5) is 0. The fraction of sp³-hybridized carbons (Fsp3) is 0.182. The Balaban J connectivity index is 2.49. The fourth-order valence-electron chi connectivity index (χ4n) is 1.49. The zero-order chi connectivity index (χ0) is 9.97. The van der Waals surface area contributed by atoms with E-state index in [-0.39, 0.29) is 6.61 Å². The van der Waals surface area contributed by atoms with Crippen molar-refractivity contribution in [3.8, 4) is 11.1 Å². The van der Waals surface area contributed by atoms with Crippen LogP contribution in [0.4, 0.5) is 0 Å². The van der Waals surface area contributed by atoms with Gasteiger partial charge in [0.2, 0.25) is 0 Å². The normalized spacial score (nSPS) is 10.4. The van der Waals surface area contributed by atoms with Gasteiger partial charge >= 0.3 is 0 Å². The SMILES string of the molecule is Cc1cccc(-c2cn[nH]c2CO)c1. The van der Waals surface area contributed by atoms with Gasteiger partial charge in [0.1, 0.15) is 0 Å². The Morgan fingerprint density at radius 2 is 2.29 bits per heavy atom. The van der Waals surface area contributed by atoms with Crippen molar-refractivity contribution in [3.05, 3.63) is 41.7 Å². The third kappa shape index (κ3) is 1.54. The Bertz CT molecular complexity index is 434. The zero-order valence-electron chi connectivity index (χ0n) is 7.99. The topological polar surface area (TPSA) is 48.9 Å². The highest BCUT2D eigenvalue weighted by atomic mass is 16.3. The molecule has 3 nitrogen and oxygen atoms in total. The second-order valence-corrected chi connectivity index (χ2v) is 3.29. The van der Waals surface area contributed by atoms with Crippen LogP contribution >= 0.6 is 0 Å². The van der Waals surface area contributed by atoms with Gasteiger partial charge in [0.05, 0.1) is 18.5 Å². The number of nitrogens with one attached hydrogen (secondary N) is 1. The van der Waals surface area contributed by atoms with E-state index in [2.05, 4.69) is 16.3 Å². The van der Waals surface area contributed by atoms with Gasteiger partial charge in [0.25, 0.3) is 0 Å². The lowest BCUT2D eigenvalue weighted by atomic mass is 10.0. The number of aromatic nitrogens is 2. The minimum Gasteiger partial charge on any atom is -0.390 e. The average molecular weight is 188 g/mol. The van der Waals surface area contributed by atoms with E-state index in [0.717, 1.165) is 16.8 Å². The Morgan fingerprint density at radius 1 is 1.43 bits per heavy atom. The van der Waals surface area contributed by atoms with Gasteiger partial charge in [-0.1, -0.05) is 29.8 Å². The summed E-state index contributed by atoms with van der Waals surface area (Å²) in [5.74, 6) is 0. The molecule has 0 saturated heterocycles. The van der Waals surface area contributed by atoms with Crippen LogP contribution in [0.15, 0.2) is 30.5 Å². The monoisotopic (exact) mass is 188 g/mol. The highest BCUT2D eigenvalue weighted by molar-refractivity contribution is 5.65. The maximum Gasteiger partial charge on any atom is 0.0853 e. The van der Waals surface area contributed by atoms with Crippen molar-refractivity contribution in [1.82, 2.24) is 10.2 Å². The molecule has 0 saturated carbocycles. The van der Waals surface area contributed by atoms with Crippen LogP contribution in [0.25, 0.3) is 11.1 Å². The number of H-pyrrole nitrogens is 1. The molecule has 14 heavy (non-hydrogen) atoms. The van der Waals surface area contributed by atoms with Gasteiger partial charge in [-0.15, -0.1) is 0 Å². The summed E-state index contributed by atoms with van der Waals surface area (Å²) in [6.07, 6.45) is 1.74. The molecule has 0 aliphatic carbocycles. The smallest absolute Gasteiger partial charge is 0.0853 e. The van der Waals surface area contributed by atoms with Crippen LogP contribution in [0, 0.1) is 6.92 Å². The number of aromatic amines is 1. The number of benzene rings is 1. The van der Waals surface area contributed by atoms with Gasteiger partial charge < -0.3 is 5.11 Å². The van der Waals surface area contributed by atoms with E-state index >= 15 is 0 Å². The molecule has 1 aromatic heterocycles. The van der Waals surface area contributed by atoms with E-state index in [1.165, 1.54) is 5.56 Å². The standard InChI is InChI=1S/C11H12N2O/c1-8-3-2-4-9(5-8)10-6-12-13-11(10)7-14/h2-6,14H,7H2,1H3,(H,12,13). The summed E-state index contributed by atoms with van der Waals surface area (Å²) in [5, 5.41) is 15.8. The second kappa shape index (κ2) is 3.64. The quantitative estimate of drug-likeness (QED) is 0.756. The van der Waals surface area contributed by atoms with E-state index in [0.29, 0.717) is 0 Å².